The minimum Gasteiger partial charge on any atom is -0.379 e. The number of aromatic amines is 1. The summed E-state index contributed by atoms with van der Waals surface area (Å²) in [6.07, 6.45) is 1.62. The van der Waals surface area contributed by atoms with E-state index in [2.05, 4.69) is 14.9 Å². The number of nitrogens with zero attached hydrogens (tertiary/aromatic N) is 2. The third-order valence-corrected chi connectivity index (χ3v) is 4.24. The molecule has 8 heteroatoms. The molecule has 1 aliphatic heterocycles. The van der Waals surface area contributed by atoms with Crippen LogP contribution in [0.25, 0.3) is 0 Å². The highest BCUT2D eigenvalue weighted by Crippen LogP contribution is 2.06. The second-order valence-electron chi connectivity index (χ2n) is 3.86. The van der Waals surface area contributed by atoms with Crippen LogP contribution in [0.15, 0.2) is 6.20 Å². The number of morpholine rings is 1. The Morgan fingerprint density at radius 3 is 2.82 bits per heavy atom. The molecule has 17 heavy (non-hydrogen) atoms. The van der Waals surface area contributed by atoms with Gasteiger partial charge in [-0.05, 0) is 6.92 Å². The summed E-state index contributed by atoms with van der Waals surface area (Å²) in [5.41, 5.74) is 1.72. The molecular formula is C9H16N4O3S. The Kier molecular flexibility index (Phi) is 3.77. The third-order valence-electron chi connectivity index (χ3n) is 2.69. The van der Waals surface area contributed by atoms with Crippen molar-refractivity contribution in [2.45, 2.75) is 13.5 Å². The molecule has 1 aliphatic rings. The van der Waals surface area contributed by atoms with Crippen LogP contribution in [-0.2, 0) is 21.5 Å². The van der Waals surface area contributed by atoms with Crippen LogP contribution in [0.2, 0.25) is 0 Å². The molecule has 1 saturated heterocycles. The molecule has 1 aromatic rings. The van der Waals surface area contributed by atoms with Crippen LogP contribution < -0.4 is 4.72 Å². The lowest BCUT2D eigenvalue weighted by molar-refractivity contribution is 0.0725. The minimum atomic E-state index is -3.41. The van der Waals surface area contributed by atoms with E-state index >= 15 is 0 Å². The molecule has 0 aliphatic carbocycles. The highest BCUT2D eigenvalue weighted by atomic mass is 32.2. The fraction of sp³-hybridized carbons (Fsp3) is 0.667. The van der Waals surface area contributed by atoms with Gasteiger partial charge in [0, 0.05) is 30.9 Å². The number of aryl methyl sites for hydroxylation is 1. The van der Waals surface area contributed by atoms with E-state index in [1.807, 2.05) is 6.92 Å². The van der Waals surface area contributed by atoms with Crippen LogP contribution >= 0.6 is 0 Å². The second-order valence-corrected chi connectivity index (χ2v) is 5.61. The maximum atomic E-state index is 11.9. The zero-order valence-corrected chi connectivity index (χ0v) is 10.5. The molecule has 1 fully saturated rings. The van der Waals surface area contributed by atoms with Gasteiger partial charge in [-0.2, -0.15) is 22.5 Å². The highest BCUT2D eigenvalue weighted by molar-refractivity contribution is 7.87. The molecular weight excluding hydrogens is 244 g/mol. The van der Waals surface area contributed by atoms with Crippen LogP contribution in [0.3, 0.4) is 0 Å². The van der Waals surface area contributed by atoms with Crippen LogP contribution in [0.4, 0.5) is 0 Å². The van der Waals surface area contributed by atoms with E-state index in [1.165, 1.54) is 4.31 Å². The molecule has 7 nitrogen and oxygen atoms in total. The highest BCUT2D eigenvalue weighted by Gasteiger charge is 2.23. The van der Waals surface area contributed by atoms with Crippen LogP contribution in [-0.4, -0.2) is 49.2 Å². The average Bonchev–Trinajstić information content (AvgIpc) is 2.74. The van der Waals surface area contributed by atoms with Crippen molar-refractivity contribution in [3.8, 4) is 0 Å². The predicted molar refractivity (Wildman–Crippen MR) is 61.5 cm³/mol. The van der Waals surface area contributed by atoms with E-state index in [0.29, 0.717) is 26.3 Å². The Bertz CT molecular complexity index is 464. The van der Waals surface area contributed by atoms with Gasteiger partial charge in [0.1, 0.15) is 0 Å². The first kappa shape index (κ1) is 12.5. The largest absolute Gasteiger partial charge is 0.379 e. The number of H-pyrrole nitrogens is 1. The normalized spacial score (nSPS) is 18.4. The number of hydrogen-bond donors (Lipinski definition) is 2. The zero-order chi connectivity index (χ0) is 12.3. The Morgan fingerprint density at radius 1 is 1.53 bits per heavy atom. The third kappa shape index (κ3) is 3.03. The van der Waals surface area contributed by atoms with Gasteiger partial charge in [0.25, 0.3) is 10.2 Å². The molecule has 1 aromatic heterocycles. The van der Waals surface area contributed by atoms with Crippen molar-refractivity contribution in [3.63, 3.8) is 0 Å². The monoisotopic (exact) mass is 260 g/mol. The molecule has 2 rings (SSSR count). The SMILES string of the molecule is Cc1[nH]ncc1CNS(=O)(=O)N1CCOCC1. The molecule has 0 radical (unpaired) electrons. The average molecular weight is 260 g/mol. The van der Waals surface area contributed by atoms with E-state index < -0.39 is 10.2 Å². The Labute approximate surface area is 100 Å². The van der Waals surface area contributed by atoms with E-state index in [0.717, 1.165) is 11.3 Å². The first-order valence-corrected chi connectivity index (χ1v) is 6.85. The van der Waals surface area contributed by atoms with Crippen LogP contribution in [0, 0.1) is 6.92 Å². The summed E-state index contributed by atoms with van der Waals surface area (Å²) < 4.78 is 32.9. The standard InChI is InChI=1S/C9H16N4O3S/c1-8-9(6-10-12-8)7-11-17(14,15)13-2-4-16-5-3-13/h6,11H,2-5,7H2,1H3,(H,10,12). The summed E-state index contributed by atoms with van der Waals surface area (Å²) in [5, 5.41) is 6.61. The van der Waals surface area contributed by atoms with Gasteiger partial charge in [0.2, 0.25) is 0 Å². The smallest absolute Gasteiger partial charge is 0.279 e. The van der Waals surface area contributed by atoms with Crippen LogP contribution in [0.1, 0.15) is 11.3 Å². The lowest BCUT2D eigenvalue weighted by Crippen LogP contribution is -2.46. The van der Waals surface area contributed by atoms with Crippen molar-refractivity contribution in [2.24, 2.45) is 0 Å². The molecule has 96 valence electrons. The lowest BCUT2D eigenvalue weighted by atomic mass is 10.3. The molecule has 2 N–H and O–H groups in total. The summed E-state index contributed by atoms with van der Waals surface area (Å²) in [7, 11) is -3.41. The molecule has 0 amide bonds. The molecule has 2 heterocycles. The molecule has 0 unspecified atom stereocenters. The van der Waals surface area contributed by atoms with Crippen molar-refractivity contribution in [1.29, 1.82) is 0 Å². The summed E-state index contributed by atoms with van der Waals surface area (Å²) in [4.78, 5) is 0. The summed E-state index contributed by atoms with van der Waals surface area (Å²) in [6, 6.07) is 0. The van der Waals surface area contributed by atoms with Gasteiger partial charge in [-0.25, -0.2) is 0 Å². The lowest BCUT2D eigenvalue weighted by Gasteiger charge is -2.26. The maximum absolute atomic E-state index is 11.9. The first-order valence-electron chi connectivity index (χ1n) is 5.41. The van der Waals surface area contributed by atoms with E-state index in [4.69, 9.17) is 4.74 Å². The number of nitrogens with one attached hydrogen (secondary N) is 2. The number of aromatic nitrogens is 2. The Morgan fingerprint density at radius 2 is 2.24 bits per heavy atom. The zero-order valence-electron chi connectivity index (χ0n) is 9.64. The number of ether oxygens (including phenoxy) is 1. The molecule has 0 atom stereocenters. The van der Waals surface area contributed by atoms with E-state index in [9.17, 15) is 8.42 Å². The molecule has 0 spiro atoms. The Hall–Kier alpha value is -0.960. The maximum Gasteiger partial charge on any atom is 0.279 e. The van der Waals surface area contributed by atoms with Gasteiger partial charge >= 0.3 is 0 Å². The fourth-order valence-corrected chi connectivity index (χ4v) is 2.75. The van der Waals surface area contributed by atoms with E-state index in [-0.39, 0.29) is 6.54 Å². The topological polar surface area (TPSA) is 87.3 Å². The van der Waals surface area contributed by atoms with Gasteiger partial charge in [0.15, 0.2) is 0 Å². The van der Waals surface area contributed by atoms with Gasteiger partial charge in [-0.3, -0.25) is 5.10 Å². The molecule has 0 saturated carbocycles. The Balaban J connectivity index is 1.95. The van der Waals surface area contributed by atoms with Gasteiger partial charge in [-0.1, -0.05) is 0 Å². The first-order chi connectivity index (χ1) is 8.09. The van der Waals surface area contributed by atoms with Crippen molar-refractivity contribution in [1.82, 2.24) is 19.2 Å². The van der Waals surface area contributed by atoms with Crippen molar-refractivity contribution in [2.75, 3.05) is 26.3 Å². The van der Waals surface area contributed by atoms with Gasteiger partial charge in [0.05, 0.1) is 19.4 Å². The van der Waals surface area contributed by atoms with Gasteiger partial charge in [-0.15, -0.1) is 0 Å². The number of rotatable bonds is 4. The number of hydrogen-bond acceptors (Lipinski definition) is 4. The van der Waals surface area contributed by atoms with Crippen molar-refractivity contribution < 1.29 is 13.2 Å². The molecule has 0 bridgehead atoms. The van der Waals surface area contributed by atoms with E-state index in [1.54, 1.807) is 6.20 Å². The quantitative estimate of drug-likeness (QED) is 0.755. The molecule has 0 aromatic carbocycles. The minimum absolute atomic E-state index is 0.252. The van der Waals surface area contributed by atoms with Crippen molar-refractivity contribution in [3.05, 3.63) is 17.5 Å². The van der Waals surface area contributed by atoms with Crippen LogP contribution in [0.5, 0.6) is 0 Å². The summed E-state index contributed by atoms with van der Waals surface area (Å²) >= 11 is 0. The van der Waals surface area contributed by atoms with Gasteiger partial charge < -0.3 is 4.74 Å². The second kappa shape index (κ2) is 5.13. The fourth-order valence-electron chi connectivity index (χ4n) is 1.60. The van der Waals surface area contributed by atoms with Crippen molar-refractivity contribution >= 4 is 10.2 Å². The predicted octanol–water partition coefficient (Wildman–Crippen LogP) is -0.615. The summed E-state index contributed by atoms with van der Waals surface area (Å²) in [6.45, 7) is 3.81. The summed E-state index contributed by atoms with van der Waals surface area (Å²) in [5.74, 6) is 0.